The lowest BCUT2D eigenvalue weighted by Crippen LogP contribution is -2.25. The number of halogens is 2. The smallest absolute Gasteiger partial charge is 0.151 e. The fraction of sp³-hybridized carbons (Fsp3) is 0.417. The van der Waals surface area contributed by atoms with Crippen molar-refractivity contribution in [2.75, 3.05) is 17.3 Å². The molecule has 1 nitrogen and oxygen atoms in total. The summed E-state index contributed by atoms with van der Waals surface area (Å²) < 4.78 is 13.9. The van der Waals surface area contributed by atoms with Gasteiger partial charge in [-0.05, 0) is 23.8 Å². The van der Waals surface area contributed by atoms with Crippen molar-refractivity contribution in [3.63, 3.8) is 0 Å². The molecule has 1 unspecified atom stereocenters. The molecule has 1 aromatic rings. The second-order valence-corrected chi connectivity index (χ2v) is 7.23. The van der Waals surface area contributed by atoms with E-state index in [2.05, 4.69) is 15.9 Å². The van der Waals surface area contributed by atoms with Crippen LogP contribution in [0.3, 0.4) is 0 Å². The first-order valence-electron chi connectivity index (χ1n) is 5.32. The molecule has 1 heterocycles. The van der Waals surface area contributed by atoms with E-state index in [1.807, 2.05) is 17.8 Å². The molecule has 5 heteroatoms. The Morgan fingerprint density at radius 1 is 1.41 bits per heavy atom. The van der Waals surface area contributed by atoms with Crippen LogP contribution in [0.2, 0.25) is 0 Å². The Morgan fingerprint density at radius 3 is 2.88 bits per heavy atom. The van der Waals surface area contributed by atoms with Crippen molar-refractivity contribution in [1.29, 1.82) is 0 Å². The van der Waals surface area contributed by atoms with Crippen LogP contribution in [0.4, 0.5) is 4.39 Å². The van der Waals surface area contributed by atoms with Gasteiger partial charge in [0.2, 0.25) is 0 Å². The molecule has 0 saturated carbocycles. The zero-order valence-corrected chi connectivity index (χ0v) is 12.3. The number of thioether (sulfide) groups is 2. The van der Waals surface area contributed by atoms with Gasteiger partial charge in [0, 0.05) is 28.2 Å². The minimum atomic E-state index is -0.298. The van der Waals surface area contributed by atoms with Crippen molar-refractivity contribution in [2.24, 2.45) is 0 Å². The van der Waals surface area contributed by atoms with E-state index < -0.39 is 0 Å². The maximum absolute atomic E-state index is 13.2. The summed E-state index contributed by atoms with van der Waals surface area (Å²) in [5.41, 5.74) is 0.748. The summed E-state index contributed by atoms with van der Waals surface area (Å²) in [5, 5.41) is 0.0794. The Kier molecular flexibility index (Phi) is 4.94. The van der Waals surface area contributed by atoms with Gasteiger partial charge < -0.3 is 0 Å². The summed E-state index contributed by atoms with van der Waals surface area (Å²) in [4.78, 5) is 12.0. The summed E-state index contributed by atoms with van der Waals surface area (Å²) >= 11 is 6.78. The van der Waals surface area contributed by atoms with Gasteiger partial charge in [0.1, 0.15) is 5.82 Å². The van der Waals surface area contributed by atoms with Gasteiger partial charge in [-0.15, -0.1) is 11.8 Å². The normalized spacial score (nSPS) is 20.2. The summed E-state index contributed by atoms with van der Waals surface area (Å²) in [6.07, 6.45) is 0.328. The van der Waals surface area contributed by atoms with E-state index in [9.17, 15) is 9.18 Å². The van der Waals surface area contributed by atoms with Gasteiger partial charge >= 0.3 is 0 Å². The molecule has 0 aliphatic carbocycles. The lowest BCUT2D eigenvalue weighted by atomic mass is 10.1. The number of benzene rings is 1. The Bertz CT molecular complexity index is 399. The Hall–Kier alpha value is -0.000000000000000111. The van der Waals surface area contributed by atoms with Gasteiger partial charge in [-0.2, -0.15) is 11.8 Å². The number of carbonyl (C=O) groups is 1. The molecule has 1 aliphatic heterocycles. The van der Waals surface area contributed by atoms with Gasteiger partial charge in [-0.3, -0.25) is 4.79 Å². The molecule has 0 amide bonds. The minimum absolute atomic E-state index is 0.0794. The van der Waals surface area contributed by atoms with E-state index in [1.54, 1.807) is 11.8 Å². The first-order valence-corrected chi connectivity index (χ1v) is 8.32. The number of hydrogen-bond donors (Lipinski definition) is 0. The van der Waals surface area contributed by atoms with E-state index >= 15 is 0 Å². The number of carbonyl (C=O) groups excluding carboxylic acids is 1. The molecule has 17 heavy (non-hydrogen) atoms. The molecule has 0 bridgehead atoms. The largest absolute Gasteiger partial charge is 0.298 e. The standard InChI is InChI=1S/C12H12BrFOS2/c13-9-3-8(4-10(14)6-9)5-11(15)12-7-16-1-2-17-12/h3-4,6,12H,1-2,5,7H2. The van der Waals surface area contributed by atoms with E-state index in [0.717, 1.165) is 22.8 Å². The molecular formula is C12H12BrFOS2. The van der Waals surface area contributed by atoms with Gasteiger partial charge in [0.05, 0.1) is 5.25 Å². The second-order valence-electron chi connectivity index (χ2n) is 3.86. The Morgan fingerprint density at radius 2 is 2.24 bits per heavy atom. The molecule has 0 aromatic heterocycles. The van der Waals surface area contributed by atoms with Crippen molar-refractivity contribution in [3.8, 4) is 0 Å². The highest BCUT2D eigenvalue weighted by Crippen LogP contribution is 2.26. The summed E-state index contributed by atoms with van der Waals surface area (Å²) in [6, 6.07) is 4.64. The molecule has 2 rings (SSSR count). The zero-order chi connectivity index (χ0) is 12.3. The van der Waals surface area contributed by atoms with E-state index in [1.165, 1.54) is 12.1 Å². The third kappa shape index (κ3) is 4.00. The van der Waals surface area contributed by atoms with Crippen molar-refractivity contribution in [2.45, 2.75) is 11.7 Å². The third-order valence-electron chi connectivity index (χ3n) is 2.48. The molecule has 0 N–H and O–H groups in total. The molecule has 1 fully saturated rings. The first-order chi connectivity index (χ1) is 8.15. The van der Waals surface area contributed by atoms with Gasteiger partial charge in [-0.1, -0.05) is 15.9 Å². The Labute approximate surface area is 117 Å². The number of rotatable bonds is 3. The third-order valence-corrected chi connectivity index (χ3v) is 5.74. The number of Topliss-reactive ketones (excluding diaryl/α,β-unsaturated/α-hetero) is 1. The van der Waals surface area contributed by atoms with Crippen LogP contribution in [-0.4, -0.2) is 28.3 Å². The van der Waals surface area contributed by atoms with Gasteiger partial charge in [0.15, 0.2) is 5.78 Å². The molecule has 1 aromatic carbocycles. The molecular weight excluding hydrogens is 323 g/mol. The second kappa shape index (κ2) is 6.25. The van der Waals surface area contributed by atoms with Crippen LogP contribution >= 0.6 is 39.5 Å². The van der Waals surface area contributed by atoms with Crippen LogP contribution < -0.4 is 0 Å². The number of ketones is 1. The lowest BCUT2D eigenvalue weighted by Gasteiger charge is -2.19. The summed E-state index contributed by atoms with van der Waals surface area (Å²) in [7, 11) is 0. The topological polar surface area (TPSA) is 17.1 Å². The molecule has 1 atom stereocenters. The highest BCUT2D eigenvalue weighted by Gasteiger charge is 2.22. The van der Waals surface area contributed by atoms with Crippen molar-refractivity contribution < 1.29 is 9.18 Å². The molecule has 92 valence electrons. The van der Waals surface area contributed by atoms with Crippen molar-refractivity contribution in [3.05, 3.63) is 34.1 Å². The van der Waals surface area contributed by atoms with Crippen LogP contribution in [-0.2, 0) is 11.2 Å². The van der Waals surface area contributed by atoms with E-state index in [0.29, 0.717) is 10.9 Å². The highest BCUT2D eigenvalue weighted by atomic mass is 79.9. The molecule has 0 spiro atoms. The van der Waals surface area contributed by atoms with Crippen LogP contribution in [0, 0.1) is 5.82 Å². The fourth-order valence-electron chi connectivity index (χ4n) is 1.70. The van der Waals surface area contributed by atoms with Crippen molar-refractivity contribution >= 4 is 45.2 Å². The minimum Gasteiger partial charge on any atom is -0.298 e. The number of hydrogen-bond acceptors (Lipinski definition) is 3. The van der Waals surface area contributed by atoms with E-state index in [4.69, 9.17) is 0 Å². The highest BCUT2D eigenvalue weighted by molar-refractivity contribution is 9.10. The Balaban J connectivity index is 2.01. The maximum Gasteiger partial charge on any atom is 0.151 e. The maximum atomic E-state index is 13.2. The predicted octanol–water partition coefficient (Wildman–Crippen LogP) is 3.55. The van der Waals surface area contributed by atoms with Gasteiger partial charge in [0.25, 0.3) is 0 Å². The monoisotopic (exact) mass is 334 g/mol. The molecule has 1 aliphatic rings. The first kappa shape index (κ1) is 13.4. The molecule has 1 saturated heterocycles. The van der Waals surface area contributed by atoms with Crippen LogP contribution in [0.1, 0.15) is 5.56 Å². The quantitative estimate of drug-likeness (QED) is 0.841. The lowest BCUT2D eigenvalue weighted by molar-refractivity contribution is -0.117. The summed E-state index contributed by atoms with van der Waals surface area (Å²) in [5.74, 6) is 2.96. The van der Waals surface area contributed by atoms with Crippen LogP contribution in [0.15, 0.2) is 22.7 Å². The van der Waals surface area contributed by atoms with Crippen LogP contribution in [0.25, 0.3) is 0 Å². The van der Waals surface area contributed by atoms with E-state index in [-0.39, 0.29) is 16.9 Å². The predicted molar refractivity (Wildman–Crippen MR) is 76.4 cm³/mol. The van der Waals surface area contributed by atoms with Crippen LogP contribution in [0.5, 0.6) is 0 Å². The SMILES string of the molecule is O=C(Cc1cc(F)cc(Br)c1)C1CSCCS1. The van der Waals surface area contributed by atoms with Gasteiger partial charge in [-0.25, -0.2) is 4.39 Å². The molecule has 0 radical (unpaired) electrons. The average molecular weight is 335 g/mol. The zero-order valence-electron chi connectivity index (χ0n) is 9.12. The fourth-order valence-corrected chi connectivity index (χ4v) is 4.86. The van der Waals surface area contributed by atoms with Crippen molar-refractivity contribution in [1.82, 2.24) is 0 Å². The summed E-state index contributed by atoms with van der Waals surface area (Å²) in [6.45, 7) is 0. The average Bonchev–Trinajstić information content (AvgIpc) is 2.28.